The van der Waals surface area contributed by atoms with Gasteiger partial charge in [0, 0.05) is 6.04 Å². The zero-order valence-corrected chi connectivity index (χ0v) is 10.8. The Labute approximate surface area is 108 Å². The Morgan fingerprint density at radius 2 is 2.06 bits per heavy atom. The van der Waals surface area contributed by atoms with Crippen molar-refractivity contribution in [2.45, 2.75) is 51.1 Å². The van der Waals surface area contributed by atoms with Crippen molar-refractivity contribution in [1.29, 1.82) is 0 Å². The highest BCUT2D eigenvalue weighted by Gasteiger charge is 2.14. The number of carbonyl (C=O) groups is 1. The van der Waals surface area contributed by atoms with E-state index in [0.29, 0.717) is 19.1 Å². The Kier molecular flexibility index (Phi) is 5.27. The SMILES string of the molecule is O=C(CNCc1ccco1)NC1CCCCCC1. The lowest BCUT2D eigenvalue weighted by Crippen LogP contribution is -2.40. The molecule has 4 nitrogen and oxygen atoms in total. The van der Waals surface area contributed by atoms with Crippen molar-refractivity contribution in [1.82, 2.24) is 10.6 Å². The Morgan fingerprint density at radius 1 is 1.28 bits per heavy atom. The van der Waals surface area contributed by atoms with E-state index in [0.717, 1.165) is 18.6 Å². The van der Waals surface area contributed by atoms with Gasteiger partial charge in [0.1, 0.15) is 5.76 Å². The van der Waals surface area contributed by atoms with Crippen LogP contribution in [0.2, 0.25) is 0 Å². The molecule has 2 rings (SSSR count). The largest absolute Gasteiger partial charge is 0.468 e. The van der Waals surface area contributed by atoms with Crippen LogP contribution in [0.25, 0.3) is 0 Å². The van der Waals surface area contributed by atoms with Gasteiger partial charge in [0.25, 0.3) is 0 Å². The maximum Gasteiger partial charge on any atom is 0.234 e. The summed E-state index contributed by atoms with van der Waals surface area (Å²) in [5.41, 5.74) is 0. The van der Waals surface area contributed by atoms with Gasteiger partial charge in [-0.25, -0.2) is 0 Å². The van der Waals surface area contributed by atoms with Crippen LogP contribution < -0.4 is 10.6 Å². The van der Waals surface area contributed by atoms with Crippen molar-refractivity contribution < 1.29 is 9.21 Å². The van der Waals surface area contributed by atoms with E-state index in [-0.39, 0.29) is 5.91 Å². The van der Waals surface area contributed by atoms with Crippen molar-refractivity contribution in [3.8, 4) is 0 Å². The summed E-state index contributed by atoms with van der Waals surface area (Å²) in [6.45, 7) is 0.961. The van der Waals surface area contributed by atoms with Gasteiger partial charge in [-0.15, -0.1) is 0 Å². The van der Waals surface area contributed by atoms with Gasteiger partial charge in [0.15, 0.2) is 0 Å². The van der Waals surface area contributed by atoms with Gasteiger partial charge >= 0.3 is 0 Å². The fourth-order valence-corrected chi connectivity index (χ4v) is 2.41. The van der Waals surface area contributed by atoms with Gasteiger partial charge in [0.2, 0.25) is 5.91 Å². The first-order valence-corrected chi connectivity index (χ1v) is 6.87. The fraction of sp³-hybridized carbons (Fsp3) is 0.643. The number of amides is 1. The zero-order chi connectivity index (χ0) is 12.6. The zero-order valence-electron chi connectivity index (χ0n) is 10.8. The van der Waals surface area contributed by atoms with Crippen molar-refractivity contribution in [3.05, 3.63) is 24.2 Å². The summed E-state index contributed by atoms with van der Waals surface area (Å²) >= 11 is 0. The molecule has 2 N–H and O–H groups in total. The molecule has 0 aromatic carbocycles. The number of furan rings is 1. The van der Waals surface area contributed by atoms with E-state index < -0.39 is 0 Å². The van der Waals surface area contributed by atoms with Crippen LogP contribution in [0.4, 0.5) is 0 Å². The molecule has 0 atom stereocenters. The van der Waals surface area contributed by atoms with Crippen LogP contribution in [0.15, 0.2) is 22.8 Å². The van der Waals surface area contributed by atoms with E-state index in [2.05, 4.69) is 10.6 Å². The van der Waals surface area contributed by atoms with Crippen LogP contribution in [0.1, 0.15) is 44.3 Å². The molecule has 0 bridgehead atoms. The van der Waals surface area contributed by atoms with Gasteiger partial charge in [0.05, 0.1) is 19.4 Å². The van der Waals surface area contributed by atoms with E-state index in [4.69, 9.17) is 4.42 Å². The van der Waals surface area contributed by atoms with Crippen molar-refractivity contribution >= 4 is 5.91 Å². The minimum absolute atomic E-state index is 0.0912. The third kappa shape index (κ3) is 4.53. The molecular weight excluding hydrogens is 228 g/mol. The summed E-state index contributed by atoms with van der Waals surface area (Å²) in [5.74, 6) is 0.950. The Balaban J connectivity index is 1.62. The molecule has 1 aliphatic rings. The molecule has 18 heavy (non-hydrogen) atoms. The lowest BCUT2D eigenvalue weighted by Gasteiger charge is -2.16. The molecule has 1 saturated carbocycles. The van der Waals surface area contributed by atoms with E-state index in [9.17, 15) is 4.79 Å². The van der Waals surface area contributed by atoms with E-state index in [1.165, 1.54) is 25.7 Å². The highest BCUT2D eigenvalue weighted by molar-refractivity contribution is 5.78. The molecule has 1 aliphatic carbocycles. The minimum Gasteiger partial charge on any atom is -0.468 e. The van der Waals surface area contributed by atoms with E-state index in [1.54, 1.807) is 6.26 Å². The van der Waals surface area contributed by atoms with E-state index >= 15 is 0 Å². The van der Waals surface area contributed by atoms with Crippen molar-refractivity contribution in [3.63, 3.8) is 0 Å². The minimum atomic E-state index is 0.0912. The van der Waals surface area contributed by atoms with Gasteiger partial charge in [-0.3, -0.25) is 4.79 Å². The molecule has 0 saturated heterocycles. The average molecular weight is 250 g/mol. The molecule has 0 radical (unpaired) electrons. The number of hydrogen-bond acceptors (Lipinski definition) is 3. The normalized spacial score (nSPS) is 17.3. The van der Waals surface area contributed by atoms with Crippen molar-refractivity contribution in [2.75, 3.05) is 6.54 Å². The third-order valence-electron chi connectivity index (χ3n) is 3.39. The molecule has 0 spiro atoms. The predicted molar refractivity (Wildman–Crippen MR) is 70.0 cm³/mol. The van der Waals surface area contributed by atoms with Gasteiger partial charge in [-0.1, -0.05) is 25.7 Å². The van der Waals surface area contributed by atoms with Crippen LogP contribution >= 0.6 is 0 Å². The second-order valence-corrected chi connectivity index (χ2v) is 4.94. The summed E-state index contributed by atoms with van der Waals surface area (Å²) in [6, 6.07) is 4.13. The summed E-state index contributed by atoms with van der Waals surface area (Å²) in [5, 5.41) is 6.19. The lowest BCUT2D eigenvalue weighted by atomic mass is 10.1. The Morgan fingerprint density at radius 3 is 2.72 bits per heavy atom. The number of carbonyl (C=O) groups excluding carboxylic acids is 1. The Hall–Kier alpha value is -1.29. The van der Waals surface area contributed by atoms with Crippen molar-refractivity contribution in [2.24, 2.45) is 0 Å². The number of nitrogens with one attached hydrogen (secondary N) is 2. The maximum atomic E-state index is 11.7. The molecule has 1 amide bonds. The average Bonchev–Trinajstić information content (AvgIpc) is 2.74. The van der Waals surface area contributed by atoms with Crippen LogP contribution in [-0.2, 0) is 11.3 Å². The summed E-state index contributed by atoms with van der Waals surface area (Å²) in [4.78, 5) is 11.7. The standard InChI is InChI=1S/C14H22N2O2/c17-14(11-15-10-13-8-5-9-18-13)16-12-6-3-1-2-4-7-12/h5,8-9,12,15H,1-4,6-7,10-11H2,(H,16,17). The van der Waals surface area contributed by atoms with Gasteiger partial charge < -0.3 is 15.1 Å². The molecule has 100 valence electrons. The first-order chi connectivity index (χ1) is 8.84. The first-order valence-electron chi connectivity index (χ1n) is 6.87. The van der Waals surface area contributed by atoms with Gasteiger partial charge in [-0.2, -0.15) is 0 Å². The monoisotopic (exact) mass is 250 g/mol. The molecule has 1 fully saturated rings. The van der Waals surface area contributed by atoms with Crippen LogP contribution in [-0.4, -0.2) is 18.5 Å². The van der Waals surface area contributed by atoms with Crippen LogP contribution in [0.5, 0.6) is 0 Å². The molecule has 4 heteroatoms. The summed E-state index contributed by atoms with van der Waals surface area (Å²) in [6.07, 6.45) is 9.00. The Bertz CT molecular complexity index is 341. The molecular formula is C14H22N2O2. The highest BCUT2D eigenvalue weighted by atomic mass is 16.3. The molecule has 1 aromatic heterocycles. The number of rotatable bonds is 5. The maximum absolute atomic E-state index is 11.7. The number of hydrogen-bond donors (Lipinski definition) is 2. The predicted octanol–water partition coefficient (Wildman–Crippen LogP) is 2.21. The highest BCUT2D eigenvalue weighted by Crippen LogP contribution is 2.16. The molecule has 1 aromatic rings. The molecule has 0 aliphatic heterocycles. The second-order valence-electron chi connectivity index (χ2n) is 4.94. The lowest BCUT2D eigenvalue weighted by molar-refractivity contribution is -0.121. The van der Waals surface area contributed by atoms with Crippen LogP contribution in [0, 0.1) is 0 Å². The fourth-order valence-electron chi connectivity index (χ4n) is 2.41. The quantitative estimate of drug-likeness (QED) is 0.788. The van der Waals surface area contributed by atoms with Gasteiger partial charge in [-0.05, 0) is 25.0 Å². The summed E-state index contributed by atoms with van der Waals surface area (Å²) in [7, 11) is 0. The third-order valence-corrected chi connectivity index (χ3v) is 3.39. The summed E-state index contributed by atoms with van der Waals surface area (Å²) < 4.78 is 5.19. The molecule has 0 unspecified atom stereocenters. The topological polar surface area (TPSA) is 54.3 Å². The second kappa shape index (κ2) is 7.21. The molecule has 1 heterocycles. The van der Waals surface area contributed by atoms with Crippen LogP contribution in [0.3, 0.4) is 0 Å². The first kappa shape index (κ1) is 13.1. The van der Waals surface area contributed by atoms with E-state index in [1.807, 2.05) is 12.1 Å². The smallest absolute Gasteiger partial charge is 0.234 e.